The van der Waals surface area contributed by atoms with Crippen LogP contribution >= 0.6 is 23.1 Å². The molecule has 8 nitrogen and oxygen atoms in total. The summed E-state index contributed by atoms with van der Waals surface area (Å²) in [6, 6.07) is 8.80. The summed E-state index contributed by atoms with van der Waals surface area (Å²) < 4.78 is 75.6. The molecule has 0 saturated heterocycles. The van der Waals surface area contributed by atoms with Gasteiger partial charge in [0.05, 0.1) is 33.4 Å². The normalized spacial score (nSPS) is 13.8. The predicted octanol–water partition coefficient (Wildman–Crippen LogP) is 4.41. The van der Waals surface area contributed by atoms with E-state index in [9.17, 15) is 21.6 Å². The zero-order chi connectivity index (χ0) is 23.1. The molecule has 0 fully saturated rings. The minimum Gasteiger partial charge on any atom is -0.489 e. The van der Waals surface area contributed by atoms with E-state index in [1.54, 1.807) is 11.0 Å². The summed E-state index contributed by atoms with van der Waals surface area (Å²) in [6.07, 6.45) is -4.53. The van der Waals surface area contributed by atoms with Crippen LogP contribution in [0.4, 0.5) is 29.7 Å². The number of benzene rings is 2. The molecule has 3 aromatic rings. The summed E-state index contributed by atoms with van der Waals surface area (Å²) in [4.78, 5) is 5.25. The van der Waals surface area contributed by atoms with Crippen molar-refractivity contribution < 1.29 is 26.3 Å². The molecule has 14 heteroatoms. The highest BCUT2D eigenvalue weighted by Crippen LogP contribution is 2.42. The Bertz CT molecular complexity index is 1340. The average Bonchev–Trinajstić information content (AvgIpc) is 3.19. The van der Waals surface area contributed by atoms with Crippen LogP contribution in [0.1, 0.15) is 11.4 Å². The number of ether oxygens (including phenoxy) is 1. The van der Waals surface area contributed by atoms with Crippen molar-refractivity contribution >= 4 is 49.7 Å². The van der Waals surface area contributed by atoms with Crippen molar-refractivity contribution in [3.8, 4) is 11.8 Å². The molecule has 0 spiro atoms. The Kier molecular flexibility index (Phi) is 5.61. The molecule has 4 rings (SSSR count). The Hall–Kier alpha value is -3.08. The van der Waals surface area contributed by atoms with Gasteiger partial charge >= 0.3 is 6.18 Å². The number of rotatable bonds is 4. The van der Waals surface area contributed by atoms with Crippen LogP contribution in [0.5, 0.6) is 5.75 Å². The van der Waals surface area contributed by atoms with Gasteiger partial charge in [0, 0.05) is 17.6 Å². The first kappa shape index (κ1) is 22.1. The third-order valence-electron chi connectivity index (χ3n) is 4.42. The zero-order valence-corrected chi connectivity index (χ0v) is 18.1. The van der Waals surface area contributed by atoms with Gasteiger partial charge in [0.2, 0.25) is 11.0 Å². The molecule has 166 valence electrons. The second kappa shape index (κ2) is 8.12. The topological polar surface area (TPSA) is 108 Å². The van der Waals surface area contributed by atoms with Gasteiger partial charge in [0.1, 0.15) is 18.4 Å². The maximum absolute atomic E-state index is 12.9. The fourth-order valence-corrected chi connectivity index (χ4v) is 5.05. The summed E-state index contributed by atoms with van der Waals surface area (Å²) in [5.41, 5.74) is -0.0983. The average molecular weight is 502 g/mol. The van der Waals surface area contributed by atoms with Crippen LogP contribution < -0.4 is 14.4 Å². The number of nitriles is 1. The predicted molar refractivity (Wildman–Crippen MR) is 111 cm³/mol. The quantitative estimate of drug-likeness (QED) is 0.564. The molecule has 2 heterocycles. The minimum atomic E-state index is -4.53. The van der Waals surface area contributed by atoms with Gasteiger partial charge in [0.15, 0.2) is 0 Å². The summed E-state index contributed by atoms with van der Waals surface area (Å²) in [6.45, 7) is 0.452. The van der Waals surface area contributed by atoms with Crippen molar-refractivity contribution in [1.29, 1.82) is 5.26 Å². The van der Waals surface area contributed by atoms with Crippen molar-refractivity contribution in [2.75, 3.05) is 22.8 Å². The van der Waals surface area contributed by atoms with Crippen molar-refractivity contribution in [1.82, 2.24) is 9.36 Å². The second-order valence-electron chi connectivity index (χ2n) is 6.43. The van der Waals surface area contributed by atoms with Gasteiger partial charge in [-0.3, -0.25) is 4.72 Å². The maximum atomic E-state index is 12.9. The summed E-state index contributed by atoms with van der Waals surface area (Å²) >= 11 is 6.84. The molecule has 1 aromatic heterocycles. The second-order valence-corrected chi connectivity index (χ2v) is 9.28. The SMILES string of the molecule is N#Cc1nsc(NS(=O)(=O)c2ccc3c(c2)OCCN3c2ccc(C(F)(F)F)cc2Cl)n1. The molecular formula is C18H11ClF3N5O3S2. The van der Waals surface area contributed by atoms with E-state index >= 15 is 0 Å². The largest absolute Gasteiger partial charge is 0.489 e. The van der Waals surface area contributed by atoms with Gasteiger partial charge in [-0.05, 0) is 30.3 Å². The monoisotopic (exact) mass is 501 g/mol. The molecular weight excluding hydrogens is 491 g/mol. The number of sulfonamides is 1. The van der Waals surface area contributed by atoms with E-state index < -0.39 is 21.8 Å². The molecule has 0 saturated carbocycles. The third-order valence-corrected chi connectivity index (χ3v) is 6.82. The minimum absolute atomic E-state index is 0.0710. The molecule has 0 amide bonds. The molecule has 0 radical (unpaired) electrons. The molecule has 1 N–H and O–H groups in total. The standard InChI is InChI=1S/C18H11ClF3N5O3S2/c19-12-7-10(18(20,21)22)1-3-13(12)27-5-6-30-15-8-11(2-4-14(15)27)32(28,29)26-17-24-16(9-23)25-31-17/h1-4,7-8H,5-6H2,(H,24,25,26). The molecule has 1 aliphatic heterocycles. The number of halogens is 4. The Balaban J connectivity index is 1.65. The van der Waals surface area contributed by atoms with Crippen LogP contribution in [0.3, 0.4) is 0 Å². The summed E-state index contributed by atoms with van der Waals surface area (Å²) in [5.74, 6) is 0.0515. The van der Waals surface area contributed by atoms with E-state index in [2.05, 4.69) is 14.1 Å². The van der Waals surface area contributed by atoms with Crippen LogP contribution in [0.15, 0.2) is 41.3 Å². The van der Waals surface area contributed by atoms with Gasteiger partial charge in [-0.25, -0.2) is 8.42 Å². The highest BCUT2D eigenvalue weighted by atomic mass is 35.5. The number of fused-ring (bicyclic) bond motifs is 1. The van der Waals surface area contributed by atoms with Crippen molar-refractivity contribution in [2.24, 2.45) is 0 Å². The van der Waals surface area contributed by atoms with Crippen LogP contribution in [-0.4, -0.2) is 30.9 Å². The van der Waals surface area contributed by atoms with E-state index in [1.807, 2.05) is 0 Å². The number of aromatic nitrogens is 2. The smallest absolute Gasteiger partial charge is 0.416 e. The Morgan fingerprint density at radius 3 is 2.62 bits per heavy atom. The number of hydrogen-bond acceptors (Lipinski definition) is 8. The van der Waals surface area contributed by atoms with Gasteiger partial charge < -0.3 is 9.64 Å². The molecule has 0 aliphatic carbocycles. The lowest BCUT2D eigenvalue weighted by molar-refractivity contribution is -0.137. The van der Waals surface area contributed by atoms with Gasteiger partial charge in [-0.1, -0.05) is 11.6 Å². The number of nitrogens with zero attached hydrogens (tertiary/aromatic N) is 4. The van der Waals surface area contributed by atoms with Crippen molar-refractivity contribution in [2.45, 2.75) is 11.1 Å². The van der Waals surface area contributed by atoms with Gasteiger partial charge in [-0.2, -0.15) is 27.8 Å². The van der Waals surface area contributed by atoms with Gasteiger partial charge in [-0.15, -0.1) is 0 Å². The first-order valence-corrected chi connectivity index (χ1v) is 11.4. The van der Waals surface area contributed by atoms with E-state index in [4.69, 9.17) is 21.6 Å². The van der Waals surface area contributed by atoms with Gasteiger partial charge in [0.25, 0.3) is 10.0 Å². The number of alkyl halides is 3. The van der Waals surface area contributed by atoms with Crippen molar-refractivity contribution in [3.63, 3.8) is 0 Å². The molecule has 0 bridgehead atoms. The lowest BCUT2D eigenvalue weighted by Gasteiger charge is -2.32. The molecule has 0 unspecified atom stereocenters. The van der Waals surface area contributed by atoms with E-state index in [1.165, 1.54) is 24.3 Å². The van der Waals surface area contributed by atoms with Crippen LogP contribution in [0, 0.1) is 11.3 Å². The molecule has 2 aromatic carbocycles. The number of nitrogens with one attached hydrogen (secondary N) is 1. The third kappa shape index (κ3) is 4.29. The molecule has 0 atom stereocenters. The molecule has 1 aliphatic rings. The van der Waals surface area contributed by atoms with E-state index in [-0.39, 0.29) is 33.2 Å². The highest BCUT2D eigenvalue weighted by molar-refractivity contribution is 7.93. The Morgan fingerprint density at radius 1 is 1.22 bits per heavy atom. The first-order chi connectivity index (χ1) is 15.1. The Labute approximate surface area is 189 Å². The van der Waals surface area contributed by atoms with Crippen LogP contribution in [0.25, 0.3) is 0 Å². The lowest BCUT2D eigenvalue weighted by Crippen LogP contribution is -2.29. The van der Waals surface area contributed by atoms with E-state index in [0.717, 1.165) is 23.7 Å². The summed E-state index contributed by atoms with van der Waals surface area (Å²) in [7, 11) is -4.06. The Morgan fingerprint density at radius 2 is 1.97 bits per heavy atom. The van der Waals surface area contributed by atoms with Crippen LogP contribution in [-0.2, 0) is 16.2 Å². The maximum Gasteiger partial charge on any atom is 0.416 e. The molecule has 32 heavy (non-hydrogen) atoms. The lowest BCUT2D eigenvalue weighted by atomic mass is 10.1. The first-order valence-electron chi connectivity index (χ1n) is 8.76. The van der Waals surface area contributed by atoms with Crippen LogP contribution in [0.2, 0.25) is 5.02 Å². The number of anilines is 3. The summed E-state index contributed by atoms with van der Waals surface area (Å²) in [5, 5.41) is 8.59. The fourth-order valence-electron chi connectivity index (χ4n) is 3.00. The highest BCUT2D eigenvalue weighted by Gasteiger charge is 2.32. The fraction of sp³-hybridized carbons (Fsp3) is 0.167. The van der Waals surface area contributed by atoms with Crippen molar-refractivity contribution in [3.05, 3.63) is 52.8 Å². The van der Waals surface area contributed by atoms with E-state index in [0.29, 0.717) is 17.9 Å². The zero-order valence-electron chi connectivity index (χ0n) is 15.7. The number of hydrogen-bond donors (Lipinski definition) is 1.